The third-order valence-corrected chi connectivity index (χ3v) is 5.60. The normalized spacial score (nSPS) is 18.2. The van der Waals surface area contributed by atoms with Gasteiger partial charge in [-0.1, -0.05) is 26.7 Å². The summed E-state index contributed by atoms with van der Waals surface area (Å²) >= 11 is 1.99. The number of nitrogen functional groups attached to an aromatic ring is 1. The van der Waals surface area contributed by atoms with Crippen molar-refractivity contribution >= 4 is 23.3 Å². The zero-order valence-corrected chi connectivity index (χ0v) is 13.3. The van der Waals surface area contributed by atoms with Crippen LogP contribution in [0.4, 0.5) is 11.5 Å². The Morgan fingerprint density at radius 1 is 1.42 bits per heavy atom. The lowest BCUT2D eigenvalue weighted by atomic mass is 10.1. The highest BCUT2D eigenvalue weighted by molar-refractivity contribution is 8.00. The second-order valence-electron chi connectivity index (χ2n) is 5.87. The van der Waals surface area contributed by atoms with Gasteiger partial charge in [0.05, 0.1) is 11.4 Å². The monoisotopic (exact) mass is 282 g/mol. The summed E-state index contributed by atoms with van der Waals surface area (Å²) in [6.07, 6.45) is 7.52. The highest BCUT2D eigenvalue weighted by Gasteiger charge is 2.33. The highest BCUT2D eigenvalue weighted by Crippen LogP contribution is 2.40. The summed E-state index contributed by atoms with van der Waals surface area (Å²) in [5.41, 5.74) is 8.03. The molecular weight excluding hydrogens is 256 g/mol. The van der Waals surface area contributed by atoms with Crippen molar-refractivity contribution < 1.29 is 0 Å². The second-order valence-corrected chi connectivity index (χ2v) is 7.15. The molecule has 2 rings (SSSR count). The average molecular weight is 282 g/mol. The summed E-state index contributed by atoms with van der Waals surface area (Å²) < 4.78 is 2.27. The van der Waals surface area contributed by atoms with E-state index in [1.807, 2.05) is 23.5 Å². The fraction of sp³-hybridized carbons (Fsp3) is 0.786. The predicted molar refractivity (Wildman–Crippen MR) is 84.9 cm³/mol. The van der Waals surface area contributed by atoms with Crippen molar-refractivity contribution in [1.29, 1.82) is 0 Å². The summed E-state index contributed by atoms with van der Waals surface area (Å²) in [6.45, 7) is 5.24. The van der Waals surface area contributed by atoms with Crippen molar-refractivity contribution in [1.82, 2.24) is 9.78 Å². The van der Waals surface area contributed by atoms with Gasteiger partial charge in [-0.3, -0.25) is 4.68 Å². The third-order valence-electron chi connectivity index (χ3n) is 4.19. The van der Waals surface area contributed by atoms with Gasteiger partial charge >= 0.3 is 0 Å². The smallest absolute Gasteiger partial charge is 0.147 e. The molecule has 1 fully saturated rings. The summed E-state index contributed by atoms with van der Waals surface area (Å²) in [6, 6.07) is 0. The summed E-state index contributed by atoms with van der Waals surface area (Å²) in [5.74, 6) is 1.34. The zero-order valence-electron chi connectivity index (χ0n) is 12.5. The summed E-state index contributed by atoms with van der Waals surface area (Å²) in [5, 5.41) is 8.07. The Morgan fingerprint density at radius 3 is 2.53 bits per heavy atom. The number of nitrogens with zero attached hydrogens (tertiary/aromatic N) is 2. The van der Waals surface area contributed by atoms with E-state index >= 15 is 0 Å². The Morgan fingerprint density at radius 2 is 2.05 bits per heavy atom. The molecule has 1 aliphatic carbocycles. The molecule has 4 nitrogen and oxygen atoms in total. The molecule has 1 heterocycles. The summed E-state index contributed by atoms with van der Waals surface area (Å²) in [7, 11) is 1.96. The molecule has 1 saturated carbocycles. The minimum Gasteiger partial charge on any atom is -0.394 e. The molecule has 0 amide bonds. The Bertz CT molecular complexity index is 433. The Kier molecular flexibility index (Phi) is 4.33. The Hall–Kier alpha value is -0.840. The van der Waals surface area contributed by atoms with E-state index in [2.05, 4.69) is 30.5 Å². The lowest BCUT2D eigenvalue weighted by molar-refractivity contribution is 0.632. The van der Waals surface area contributed by atoms with Crippen molar-refractivity contribution in [3.8, 4) is 0 Å². The molecule has 0 bridgehead atoms. The van der Waals surface area contributed by atoms with E-state index in [9.17, 15) is 0 Å². The van der Waals surface area contributed by atoms with Crippen LogP contribution < -0.4 is 11.1 Å². The van der Waals surface area contributed by atoms with Crippen molar-refractivity contribution in [3.05, 3.63) is 5.69 Å². The maximum Gasteiger partial charge on any atom is 0.147 e. The van der Waals surface area contributed by atoms with E-state index < -0.39 is 0 Å². The molecule has 1 aromatic heterocycles. The quantitative estimate of drug-likeness (QED) is 0.870. The van der Waals surface area contributed by atoms with Crippen LogP contribution in [0.2, 0.25) is 0 Å². The van der Waals surface area contributed by atoms with Gasteiger partial charge in [0.2, 0.25) is 0 Å². The van der Waals surface area contributed by atoms with Crippen molar-refractivity contribution in [2.45, 2.75) is 50.2 Å². The number of rotatable bonds is 5. The number of thioether (sulfide) groups is 1. The minimum atomic E-state index is 0.364. The largest absolute Gasteiger partial charge is 0.394 e. The van der Waals surface area contributed by atoms with Crippen LogP contribution in [-0.2, 0) is 7.05 Å². The van der Waals surface area contributed by atoms with Crippen LogP contribution in [0.1, 0.15) is 51.1 Å². The van der Waals surface area contributed by atoms with E-state index in [0.29, 0.717) is 10.7 Å². The Balaban J connectivity index is 2.11. The van der Waals surface area contributed by atoms with Crippen LogP contribution in [0.3, 0.4) is 0 Å². The number of hydrogen-bond donors (Lipinski definition) is 2. The number of aryl methyl sites for hydroxylation is 1. The minimum absolute atomic E-state index is 0.364. The second kappa shape index (κ2) is 5.65. The van der Waals surface area contributed by atoms with Crippen molar-refractivity contribution in [2.75, 3.05) is 23.9 Å². The molecule has 0 spiro atoms. The third kappa shape index (κ3) is 2.86. The van der Waals surface area contributed by atoms with E-state index in [0.717, 1.165) is 23.7 Å². The standard InChI is InChI=1S/C14H26N4S/c1-10(2)12-11(15)13(18(3)17-12)16-9-14(19-4)7-5-6-8-14/h10,16H,5-9,15H2,1-4H3. The molecule has 108 valence electrons. The molecule has 0 aromatic carbocycles. The number of nitrogens with one attached hydrogen (secondary N) is 1. The van der Waals surface area contributed by atoms with Gasteiger partial charge in [-0.25, -0.2) is 0 Å². The number of anilines is 2. The van der Waals surface area contributed by atoms with Crippen molar-refractivity contribution in [2.24, 2.45) is 7.05 Å². The van der Waals surface area contributed by atoms with E-state index in [1.54, 1.807) is 0 Å². The molecule has 0 atom stereocenters. The van der Waals surface area contributed by atoms with Crippen LogP contribution in [0.25, 0.3) is 0 Å². The molecule has 0 radical (unpaired) electrons. The zero-order chi connectivity index (χ0) is 14.0. The first-order valence-electron chi connectivity index (χ1n) is 7.10. The van der Waals surface area contributed by atoms with Gasteiger partial charge in [-0.2, -0.15) is 16.9 Å². The summed E-state index contributed by atoms with van der Waals surface area (Å²) in [4.78, 5) is 0. The van der Waals surface area contributed by atoms with Gasteiger partial charge < -0.3 is 11.1 Å². The predicted octanol–water partition coefficient (Wildman–Crippen LogP) is 3.21. The van der Waals surface area contributed by atoms with E-state index in [1.165, 1.54) is 25.7 Å². The van der Waals surface area contributed by atoms with Gasteiger partial charge in [0.1, 0.15) is 5.82 Å². The molecule has 19 heavy (non-hydrogen) atoms. The van der Waals surface area contributed by atoms with Gasteiger partial charge in [0, 0.05) is 18.3 Å². The highest BCUT2D eigenvalue weighted by atomic mass is 32.2. The van der Waals surface area contributed by atoms with Crippen LogP contribution in [0.5, 0.6) is 0 Å². The lowest BCUT2D eigenvalue weighted by Gasteiger charge is -2.27. The van der Waals surface area contributed by atoms with E-state index in [4.69, 9.17) is 5.73 Å². The van der Waals surface area contributed by atoms with E-state index in [-0.39, 0.29) is 0 Å². The molecule has 0 unspecified atom stereocenters. The van der Waals surface area contributed by atoms with Gasteiger partial charge in [-0.15, -0.1) is 0 Å². The number of nitrogens with two attached hydrogens (primary N) is 1. The molecular formula is C14H26N4S. The maximum atomic E-state index is 6.22. The topological polar surface area (TPSA) is 55.9 Å². The lowest BCUT2D eigenvalue weighted by Crippen LogP contribution is -2.30. The molecule has 5 heteroatoms. The number of hydrogen-bond acceptors (Lipinski definition) is 4. The molecule has 3 N–H and O–H groups in total. The molecule has 0 saturated heterocycles. The SMILES string of the molecule is CSC1(CNc2c(N)c(C(C)C)nn2C)CCCC1. The average Bonchev–Trinajstić information content (AvgIpc) is 2.94. The maximum absolute atomic E-state index is 6.22. The fourth-order valence-electron chi connectivity index (χ4n) is 2.91. The molecule has 1 aromatic rings. The van der Waals surface area contributed by atoms with Crippen LogP contribution in [-0.4, -0.2) is 27.3 Å². The van der Waals surface area contributed by atoms with Crippen LogP contribution in [0.15, 0.2) is 0 Å². The molecule has 1 aliphatic rings. The van der Waals surface area contributed by atoms with Gasteiger partial charge in [0.15, 0.2) is 0 Å². The van der Waals surface area contributed by atoms with Crippen LogP contribution in [0, 0.1) is 0 Å². The Labute approximate surface area is 120 Å². The molecule has 0 aliphatic heterocycles. The first kappa shape index (κ1) is 14.6. The fourth-order valence-corrected chi connectivity index (χ4v) is 3.83. The van der Waals surface area contributed by atoms with Gasteiger partial charge in [-0.05, 0) is 25.0 Å². The first-order chi connectivity index (χ1) is 8.99. The first-order valence-corrected chi connectivity index (χ1v) is 8.33. The number of aromatic nitrogens is 2. The van der Waals surface area contributed by atoms with Crippen molar-refractivity contribution in [3.63, 3.8) is 0 Å². The van der Waals surface area contributed by atoms with Crippen LogP contribution >= 0.6 is 11.8 Å². The van der Waals surface area contributed by atoms with Gasteiger partial charge in [0.25, 0.3) is 0 Å².